The molecule has 0 spiro atoms. The summed E-state index contributed by atoms with van der Waals surface area (Å²) >= 11 is 6.09. The van der Waals surface area contributed by atoms with Gasteiger partial charge in [0.1, 0.15) is 10.8 Å². The largest absolute Gasteiger partial charge is 0.497 e. The van der Waals surface area contributed by atoms with E-state index in [0.29, 0.717) is 24.1 Å². The number of carbonyl (C=O) groups excluding carboxylic acids is 1. The second-order valence-electron chi connectivity index (χ2n) is 8.41. The Morgan fingerprint density at radius 1 is 1.15 bits per heavy atom. The van der Waals surface area contributed by atoms with Crippen LogP contribution in [0.2, 0.25) is 5.02 Å². The smallest absolute Gasteiger partial charge is 0.288 e. The molecule has 4 aromatic rings. The number of amides is 1. The van der Waals surface area contributed by atoms with E-state index in [0.717, 1.165) is 33.5 Å². The van der Waals surface area contributed by atoms with Gasteiger partial charge in [0.25, 0.3) is 11.6 Å². The molecule has 0 saturated heterocycles. The van der Waals surface area contributed by atoms with Gasteiger partial charge in [-0.2, -0.15) is 0 Å². The molecule has 0 radical (unpaired) electrons. The summed E-state index contributed by atoms with van der Waals surface area (Å²) in [6.07, 6.45) is 0.645. The quantitative estimate of drug-likeness (QED) is 0.297. The van der Waals surface area contributed by atoms with Crippen LogP contribution in [-0.4, -0.2) is 34.4 Å². The maximum atomic E-state index is 13.6. The molecule has 1 atom stereocenters. The highest BCUT2D eigenvalue weighted by Gasteiger charge is 2.36. The lowest BCUT2D eigenvalue weighted by atomic mass is 9.91. The Morgan fingerprint density at radius 3 is 2.62 bits per heavy atom. The third kappa shape index (κ3) is 3.68. The number of methoxy groups -OCH3 is 1. The van der Waals surface area contributed by atoms with Crippen molar-refractivity contribution in [1.82, 2.24) is 9.88 Å². The van der Waals surface area contributed by atoms with Gasteiger partial charge in [0.05, 0.1) is 18.1 Å². The van der Waals surface area contributed by atoms with Crippen LogP contribution in [0.25, 0.3) is 10.9 Å². The number of nitrogens with zero attached hydrogens (tertiary/aromatic N) is 2. The molecular weight excluding hydrogens is 454 g/mol. The van der Waals surface area contributed by atoms with Crippen molar-refractivity contribution in [3.05, 3.63) is 104 Å². The zero-order chi connectivity index (χ0) is 24.0. The highest BCUT2D eigenvalue weighted by molar-refractivity contribution is 6.32. The fourth-order valence-corrected chi connectivity index (χ4v) is 4.85. The number of hydrogen-bond donors (Lipinski definition) is 1. The van der Waals surface area contributed by atoms with Crippen molar-refractivity contribution >= 4 is 34.1 Å². The standard InChI is InChI=1S/C26H22ClN3O4/c1-15-3-5-16(6-4-15)26(31)29-12-11-19-20-14-18(34-2)8-10-22(20)28-24(19)25(29)17-7-9-21(27)23(13-17)30(32)33/h3-10,13-14,25,28H,11-12H2,1-2H3/t25-/m1/s1. The molecule has 0 fully saturated rings. The molecule has 8 heteroatoms. The fourth-order valence-electron chi connectivity index (χ4n) is 4.66. The first kappa shape index (κ1) is 22.0. The van der Waals surface area contributed by atoms with Crippen molar-refractivity contribution in [1.29, 1.82) is 0 Å². The number of hydrogen-bond acceptors (Lipinski definition) is 4. The highest BCUT2D eigenvalue weighted by atomic mass is 35.5. The van der Waals surface area contributed by atoms with Crippen molar-refractivity contribution in [2.75, 3.05) is 13.7 Å². The lowest BCUT2D eigenvalue weighted by Crippen LogP contribution is -2.40. The molecule has 2 heterocycles. The second-order valence-corrected chi connectivity index (χ2v) is 8.82. The first-order chi connectivity index (χ1) is 16.4. The molecular formula is C26H22ClN3O4. The number of benzene rings is 3. The topological polar surface area (TPSA) is 88.5 Å². The third-order valence-corrected chi connectivity index (χ3v) is 6.70. The Balaban J connectivity index is 1.69. The number of rotatable bonds is 4. The molecule has 5 rings (SSSR count). The van der Waals surface area contributed by atoms with Gasteiger partial charge < -0.3 is 14.6 Å². The third-order valence-electron chi connectivity index (χ3n) is 6.38. The summed E-state index contributed by atoms with van der Waals surface area (Å²) in [6.45, 7) is 2.43. The Hall–Kier alpha value is -3.84. The van der Waals surface area contributed by atoms with Crippen molar-refractivity contribution in [2.24, 2.45) is 0 Å². The normalized spacial score (nSPS) is 15.3. The van der Waals surface area contributed by atoms with Crippen LogP contribution in [0.4, 0.5) is 5.69 Å². The van der Waals surface area contributed by atoms with E-state index in [4.69, 9.17) is 16.3 Å². The van der Waals surface area contributed by atoms with Crippen molar-refractivity contribution in [2.45, 2.75) is 19.4 Å². The van der Waals surface area contributed by atoms with Crippen LogP contribution >= 0.6 is 11.6 Å². The number of halogens is 1. The van der Waals surface area contributed by atoms with Crippen molar-refractivity contribution < 1.29 is 14.5 Å². The number of aromatic amines is 1. The van der Waals surface area contributed by atoms with Crippen molar-refractivity contribution in [3.8, 4) is 5.75 Å². The Kier molecular flexibility index (Phi) is 5.49. The monoisotopic (exact) mass is 475 g/mol. The van der Waals surface area contributed by atoms with Crippen LogP contribution < -0.4 is 4.74 Å². The molecule has 0 bridgehead atoms. The van der Waals surface area contributed by atoms with Crippen LogP contribution in [0.3, 0.4) is 0 Å². The van der Waals surface area contributed by atoms with Gasteiger partial charge in [0, 0.05) is 34.8 Å². The number of nitrogens with one attached hydrogen (secondary N) is 1. The van der Waals surface area contributed by atoms with Gasteiger partial charge >= 0.3 is 0 Å². The predicted molar refractivity (Wildman–Crippen MR) is 131 cm³/mol. The Morgan fingerprint density at radius 2 is 1.91 bits per heavy atom. The fraction of sp³-hybridized carbons (Fsp3) is 0.192. The zero-order valence-corrected chi connectivity index (χ0v) is 19.4. The number of ether oxygens (including phenoxy) is 1. The maximum absolute atomic E-state index is 13.6. The number of nitro benzene ring substituents is 1. The van der Waals surface area contributed by atoms with E-state index in [9.17, 15) is 14.9 Å². The molecule has 0 unspecified atom stereocenters. The van der Waals surface area contributed by atoms with E-state index in [1.54, 1.807) is 18.1 Å². The van der Waals surface area contributed by atoms with Gasteiger partial charge in [-0.25, -0.2) is 0 Å². The first-order valence-electron chi connectivity index (χ1n) is 10.9. The van der Waals surface area contributed by atoms with E-state index in [1.165, 1.54) is 12.1 Å². The summed E-state index contributed by atoms with van der Waals surface area (Å²) in [5.41, 5.74) is 4.90. The summed E-state index contributed by atoms with van der Waals surface area (Å²) in [6, 6.07) is 17.4. The summed E-state index contributed by atoms with van der Waals surface area (Å²) in [7, 11) is 1.62. The van der Waals surface area contributed by atoms with Crippen LogP contribution in [0, 0.1) is 17.0 Å². The Bertz CT molecular complexity index is 1430. The molecule has 1 aliphatic heterocycles. The summed E-state index contributed by atoms with van der Waals surface area (Å²) in [5.74, 6) is 0.607. The van der Waals surface area contributed by atoms with Gasteiger partial charge in [-0.15, -0.1) is 0 Å². The summed E-state index contributed by atoms with van der Waals surface area (Å²) in [5, 5.41) is 12.7. The molecule has 1 aromatic heterocycles. The van der Waals surface area contributed by atoms with Crippen LogP contribution in [0.15, 0.2) is 60.7 Å². The minimum Gasteiger partial charge on any atom is -0.497 e. The van der Waals surface area contributed by atoms with Crippen LogP contribution in [0.1, 0.15) is 38.8 Å². The molecule has 7 nitrogen and oxygen atoms in total. The average molecular weight is 476 g/mol. The number of H-pyrrole nitrogens is 1. The van der Waals surface area contributed by atoms with E-state index in [1.807, 2.05) is 49.4 Å². The maximum Gasteiger partial charge on any atom is 0.288 e. The lowest BCUT2D eigenvalue weighted by molar-refractivity contribution is -0.384. The molecule has 172 valence electrons. The molecule has 0 aliphatic carbocycles. The Labute approximate surface area is 201 Å². The number of aromatic nitrogens is 1. The highest BCUT2D eigenvalue weighted by Crippen LogP contribution is 2.41. The minimum absolute atomic E-state index is 0.0579. The minimum atomic E-state index is -0.535. The van der Waals surface area contributed by atoms with E-state index in [2.05, 4.69) is 4.98 Å². The van der Waals surface area contributed by atoms with Gasteiger partial charge in [0.2, 0.25) is 0 Å². The van der Waals surface area contributed by atoms with Gasteiger partial charge in [-0.3, -0.25) is 14.9 Å². The summed E-state index contributed by atoms with van der Waals surface area (Å²) < 4.78 is 5.41. The van der Waals surface area contributed by atoms with Gasteiger partial charge in [-0.05, 0) is 60.9 Å². The predicted octanol–water partition coefficient (Wildman–Crippen LogP) is 5.83. The van der Waals surface area contributed by atoms with E-state index in [-0.39, 0.29) is 16.6 Å². The molecule has 3 aromatic carbocycles. The van der Waals surface area contributed by atoms with Gasteiger partial charge in [-0.1, -0.05) is 35.4 Å². The van der Waals surface area contributed by atoms with Crippen LogP contribution in [-0.2, 0) is 6.42 Å². The van der Waals surface area contributed by atoms with Gasteiger partial charge in [0.15, 0.2) is 0 Å². The SMILES string of the molecule is COc1ccc2[nH]c3c(c2c1)CCN(C(=O)c1ccc(C)cc1)[C@@H]3c1ccc(Cl)c([N+](=O)[O-])c1. The molecule has 1 N–H and O–H groups in total. The lowest BCUT2D eigenvalue weighted by Gasteiger charge is -2.36. The van der Waals surface area contributed by atoms with Crippen molar-refractivity contribution in [3.63, 3.8) is 0 Å². The molecule has 0 saturated carbocycles. The second kappa shape index (κ2) is 8.50. The van der Waals surface area contributed by atoms with Crippen LogP contribution in [0.5, 0.6) is 5.75 Å². The molecule has 1 aliphatic rings. The zero-order valence-electron chi connectivity index (χ0n) is 18.7. The number of fused-ring (bicyclic) bond motifs is 3. The average Bonchev–Trinajstić information content (AvgIpc) is 3.21. The van der Waals surface area contributed by atoms with E-state index >= 15 is 0 Å². The number of carbonyl (C=O) groups is 1. The molecule has 1 amide bonds. The van der Waals surface area contributed by atoms with E-state index < -0.39 is 11.0 Å². The number of nitro groups is 1. The summed E-state index contributed by atoms with van der Waals surface area (Å²) in [4.78, 5) is 30.0. The molecule has 34 heavy (non-hydrogen) atoms. The first-order valence-corrected chi connectivity index (χ1v) is 11.2. The number of aryl methyl sites for hydroxylation is 1.